The average molecular weight is 311 g/mol. The van der Waals surface area contributed by atoms with Crippen LogP contribution < -0.4 is 5.32 Å². The van der Waals surface area contributed by atoms with Gasteiger partial charge in [0.1, 0.15) is 6.54 Å². The van der Waals surface area contributed by atoms with Gasteiger partial charge in [0.15, 0.2) is 0 Å². The molecule has 118 valence electrons. The lowest BCUT2D eigenvalue weighted by Gasteiger charge is -2.17. The molecule has 0 aliphatic carbocycles. The molecule has 7 heteroatoms. The highest BCUT2D eigenvalue weighted by atomic mass is 19.4. The lowest BCUT2D eigenvalue weighted by molar-refractivity contribution is -0.138. The number of hydrogen-bond acceptors (Lipinski definition) is 2. The number of rotatable bonds is 5. The predicted molar refractivity (Wildman–Crippen MR) is 75.0 cm³/mol. The van der Waals surface area contributed by atoms with E-state index < -0.39 is 17.8 Å². The largest absolute Gasteiger partial charge is 0.416 e. The van der Waals surface area contributed by atoms with Gasteiger partial charge in [-0.25, -0.2) is 4.98 Å². The Morgan fingerprint density at radius 2 is 2.09 bits per heavy atom. The first-order valence-electron chi connectivity index (χ1n) is 6.76. The van der Waals surface area contributed by atoms with Crippen molar-refractivity contribution in [2.75, 3.05) is 0 Å². The Kier molecular flexibility index (Phi) is 4.85. The van der Waals surface area contributed by atoms with Crippen molar-refractivity contribution in [2.45, 2.75) is 32.1 Å². The molecular weight excluding hydrogens is 295 g/mol. The Morgan fingerprint density at radius 3 is 2.73 bits per heavy atom. The van der Waals surface area contributed by atoms with Gasteiger partial charge in [-0.15, -0.1) is 0 Å². The number of aromatic nitrogens is 2. The van der Waals surface area contributed by atoms with E-state index in [1.807, 2.05) is 0 Å². The molecule has 4 nitrogen and oxygen atoms in total. The van der Waals surface area contributed by atoms with Crippen LogP contribution in [-0.2, 0) is 23.9 Å². The van der Waals surface area contributed by atoms with Crippen molar-refractivity contribution in [1.82, 2.24) is 14.9 Å². The molecule has 1 heterocycles. The van der Waals surface area contributed by atoms with Crippen LogP contribution in [0.15, 0.2) is 43.0 Å². The quantitative estimate of drug-likeness (QED) is 0.923. The van der Waals surface area contributed by atoms with Gasteiger partial charge in [0.25, 0.3) is 0 Å². The molecule has 0 saturated carbocycles. The predicted octanol–water partition coefficient (Wildman–Crippen LogP) is 2.65. The first-order valence-corrected chi connectivity index (χ1v) is 6.76. The van der Waals surface area contributed by atoms with E-state index in [0.717, 1.165) is 6.07 Å². The number of carbonyl (C=O) groups excluding carboxylic acids is 1. The molecule has 0 fully saturated rings. The first kappa shape index (κ1) is 16.1. The SMILES string of the molecule is C[C@H](Cc1ccccc1C(F)(F)F)NC(=O)Cn1ccnc1. The number of nitrogens with one attached hydrogen (secondary N) is 1. The molecule has 0 radical (unpaired) electrons. The molecule has 0 bridgehead atoms. The first-order chi connectivity index (χ1) is 10.4. The Morgan fingerprint density at radius 1 is 1.36 bits per heavy atom. The smallest absolute Gasteiger partial charge is 0.352 e. The van der Waals surface area contributed by atoms with Crippen LogP contribution in [0.25, 0.3) is 0 Å². The van der Waals surface area contributed by atoms with Crippen molar-refractivity contribution in [3.8, 4) is 0 Å². The molecule has 22 heavy (non-hydrogen) atoms. The third-order valence-corrected chi connectivity index (χ3v) is 3.14. The van der Waals surface area contributed by atoms with Crippen LogP contribution in [-0.4, -0.2) is 21.5 Å². The molecule has 1 N–H and O–H groups in total. The summed E-state index contributed by atoms with van der Waals surface area (Å²) in [4.78, 5) is 15.6. The zero-order valence-electron chi connectivity index (χ0n) is 12.0. The maximum Gasteiger partial charge on any atom is 0.416 e. The van der Waals surface area contributed by atoms with Gasteiger partial charge in [0.05, 0.1) is 11.9 Å². The molecule has 1 atom stereocenters. The van der Waals surface area contributed by atoms with Crippen molar-refractivity contribution < 1.29 is 18.0 Å². The van der Waals surface area contributed by atoms with Crippen molar-refractivity contribution >= 4 is 5.91 Å². The summed E-state index contributed by atoms with van der Waals surface area (Å²) in [5.74, 6) is -0.269. The van der Waals surface area contributed by atoms with E-state index in [9.17, 15) is 18.0 Å². The minimum Gasteiger partial charge on any atom is -0.352 e. The number of imidazole rings is 1. The van der Waals surface area contributed by atoms with Gasteiger partial charge >= 0.3 is 6.18 Å². The van der Waals surface area contributed by atoms with Gasteiger partial charge in [-0.05, 0) is 25.0 Å². The molecule has 1 aromatic carbocycles. The summed E-state index contributed by atoms with van der Waals surface area (Å²) >= 11 is 0. The van der Waals surface area contributed by atoms with Crippen LogP contribution in [0.2, 0.25) is 0 Å². The van der Waals surface area contributed by atoms with E-state index in [2.05, 4.69) is 10.3 Å². The van der Waals surface area contributed by atoms with Gasteiger partial charge in [0.2, 0.25) is 5.91 Å². The summed E-state index contributed by atoms with van der Waals surface area (Å²) in [6.45, 7) is 1.77. The van der Waals surface area contributed by atoms with Crippen LogP contribution in [0.1, 0.15) is 18.1 Å². The van der Waals surface area contributed by atoms with Crippen molar-refractivity contribution in [1.29, 1.82) is 0 Å². The molecular formula is C15H16F3N3O. The second kappa shape index (κ2) is 6.64. The number of carbonyl (C=O) groups is 1. The van der Waals surface area contributed by atoms with E-state index in [-0.39, 0.29) is 24.4 Å². The molecule has 0 unspecified atom stereocenters. The molecule has 0 aliphatic rings. The average Bonchev–Trinajstić information content (AvgIpc) is 2.90. The van der Waals surface area contributed by atoms with Crippen molar-refractivity contribution in [2.24, 2.45) is 0 Å². The molecule has 2 aromatic rings. The number of halogens is 3. The third-order valence-electron chi connectivity index (χ3n) is 3.14. The van der Waals surface area contributed by atoms with E-state index in [1.54, 1.807) is 30.0 Å². The summed E-state index contributed by atoms with van der Waals surface area (Å²) in [5, 5.41) is 2.69. The number of hydrogen-bond donors (Lipinski definition) is 1. The van der Waals surface area contributed by atoms with Crippen LogP contribution in [0.4, 0.5) is 13.2 Å². The molecule has 0 saturated heterocycles. The van der Waals surface area contributed by atoms with Gasteiger partial charge < -0.3 is 9.88 Å². The Balaban J connectivity index is 1.97. The fourth-order valence-electron chi connectivity index (χ4n) is 2.22. The van der Waals surface area contributed by atoms with E-state index >= 15 is 0 Å². The second-order valence-corrected chi connectivity index (χ2v) is 5.06. The lowest BCUT2D eigenvalue weighted by Crippen LogP contribution is -2.36. The highest BCUT2D eigenvalue weighted by Crippen LogP contribution is 2.32. The molecule has 1 amide bonds. The summed E-state index contributed by atoms with van der Waals surface area (Å²) in [6.07, 6.45) is 0.422. The van der Waals surface area contributed by atoms with Crippen molar-refractivity contribution in [3.05, 3.63) is 54.1 Å². The number of amides is 1. The van der Waals surface area contributed by atoms with Crippen LogP contribution >= 0.6 is 0 Å². The van der Waals surface area contributed by atoms with Crippen LogP contribution in [0.3, 0.4) is 0 Å². The third kappa shape index (κ3) is 4.34. The number of benzene rings is 1. The maximum absolute atomic E-state index is 12.9. The second-order valence-electron chi connectivity index (χ2n) is 5.06. The maximum atomic E-state index is 12.9. The van der Waals surface area contributed by atoms with Crippen LogP contribution in [0.5, 0.6) is 0 Å². The number of alkyl halides is 3. The molecule has 1 aromatic heterocycles. The number of nitrogens with zero attached hydrogens (tertiary/aromatic N) is 2. The van der Waals surface area contributed by atoms with E-state index in [4.69, 9.17) is 0 Å². The topological polar surface area (TPSA) is 46.9 Å². The Labute approximate surface area is 126 Å². The fourth-order valence-corrected chi connectivity index (χ4v) is 2.22. The highest BCUT2D eigenvalue weighted by Gasteiger charge is 2.33. The molecule has 0 spiro atoms. The normalized spacial score (nSPS) is 12.9. The van der Waals surface area contributed by atoms with Gasteiger partial charge in [-0.3, -0.25) is 4.79 Å². The lowest BCUT2D eigenvalue weighted by atomic mass is 10.0. The minimum absolute atomic E-state index is 0.0885. The fraction of sp³-hybridized carbons (Fsp3) is 0.333. The van der Waals surface area contributed by atoms with Crippen molar-refractivity contribution in [3.63, 3.8) is 0 Å². The van der Waals surface area contributed by atoms with Crippen LogP contribution in [0, 0.1) is 0 Å². The Hall–Kier alpha value is -2.31. The molecule has 0 aliphatic heterocycles. The van der Waals surface area contributed by atoms with E-state index in [0.29, 0.717) is 0 Å². The molecule has 2 rings (SSSR count). The summed E-state index contributed by atoms with van der Waals surface area (Å²) < 4.78 is 40.3. The zero-order chi connectivity index (χ0) is 16.2. The zero-order valence-corrected chi connectivity index (χ0v) is 12.0. The monoisotopic (exact) mass is 311 g/mol. The van der Waals surface area contributed by atoms with Gasteiger partial charge in [-0.2, -0.15) is 13.2 Å². The van der Waals surface area contributed by atoms with E-state index in [1.165, 1.54) is 18.5 Å². The van der Waals surface area contributed by atoms with Gasteiger partial charge in [-0.1, -0.05) is 18.2 Å². The standard InChI is InChI=1S/C15H16F3N3O/c1-11(20-14(22)9-21-7-6-19-10-21)8-12-4-2-3-5-13(12)15(16,17)18/h2-7,10-11H,8-9H2,1H3,(H,20,22)/t11-/m1/s1. The van der Waals surface area contributed by atoms with Gasteiger partial charge in [0, 0.05) is 18.4 Å². The summed E-state index contributed by atoms with van der Waals surface area (Å²) in [5.41, 5.74) is -0.490. The summed E-state index contributed by atoms with van der Waals surface area (Å²) in [7, 11) is 0. The Bertz CT molecular complexity index is 623. The highest BCUT2D eigenvalue weighted by molar-refractivity contribution is 5.76. The summed E-state index contributed by atoms with van der Waals surface area (Å²) in [6, 6.07) is 5.00. The minimum atomic E-state index is -4.39.